The second-order valence-corrected chi connectivity index (χ2v) is 6.87. The van der Waals surface area contributed by atoms with E-state index in [0.29, 0.717) is 17.4 Å². The van der Waals surface area contributed by atoms with Crippen LogP contribution in [-0.2, 0) is 11.3 Å². The number of carbonyl (C=O) groups is 1. The van der Waals surface area contributed by atoms with E-state index in [-0.39, 0.29) is 5.91 Å². The zero-order valence-electron chi connectivity index (χ0n) is 13.8. The van der Waals surface area contributed by atoms with Gasteiger partial charge in [-0.15, -0.1) is 0 Å². The maximum absolute atomic E-state index is 12.2. The van der Waals surface area contributed by atoms with Crippen LogP contribution in [0.4, 0.5) is 5.69 Å². The molecular weight excluding hydrogens is 359 g/mol. The molecule has 1 saturated heterocycles. The molecule has 25 heavy (non-hydrogen) atoms. The molecule has 1 aliphatic heterocycles. The average Bonchev–Trinajstić information content (AvgIpc) is 2.59. The third kappa shape index (κ3) is 5.41. The Bertz CT molecular complexity index is 733. The van der Waals surface area contributed by atoms with Crippen LogP contribution in [0.3, 0.4) is 0 Å². The van der Waals surface area contributed by atoms with E-state index in [1.165, 1.54) is 5.56 Å². The predicted molar refractivity (Wildman–Crippen MR) is 101 cm³/mol. The number of benzene rings is 1. The van der Waals surface area contributed by atoms with E-state index in [9.17, 15) is 4.79 Å². The second-order valence-electron chi connectivity index (χ2n) is 6.07. The molecule has 0 atom stereocenters. The summed E-state index contributed by atoms with van der Waals surface area (Å²) in [5.74, 6) is -0.0711. The molecule has 7 heteroatoms. The lowest BCUT2D eigenvalue weighted by atomic mass is 10.2. The van der Waals surface area contributed by atoms with Crippen molar-refractivity contribution in [2.24, 2.45) is 0 Å². The number of aromatic nitrogens is 1. The van der Waals surface area contributed by atoms with Gasteiger partial charge in [-0.2, -0.15) is 0 Å². The van der Waals surface area contributed by atoms with Crippen LogP contribution in [0.25, 0.3) is 0 Å². The molecule has 132 valence electrons. The molecule has 0 radical (unpaired) electrons. The Morgan fingerprint density at radius 2 is 1.84 bits per heavy atom. The Kier molecular flexibility index (Phi) is 6.26. The fourth-order valence-electron chi connectivity index (χ4n) is 2.87. The van der Waals surface area contributed by atoms with Gasteiger partial charge in [-0.05, 0) is 29.8 Å². The van der Waals surface area contributed by atoms with E-state index in [4.69, 9.17) is 23.2 Å². The first-order valence-electron chi connectivity index (χ1n) is 8.20. The lowest BCUT2D eigenvalue weighted by Crippen LogP contribution is -2.48. The third-order valence-electron chi connectivity index (χ3n) is 4.16. The largest absolute Gasteiger partial charge is 0.322 e. The SMILES string of the molecule is O=C(CN1CCN(Cc2cccc(Cl)c2)CC1)Nc1cccnc1Cl. The number of halogens is 2. The molecule has 2 heterocycles. The van der Waals surface area contributed by atoms with Crippen LogP contribution in [-0.4, -0.2) is 53.4 Å². The molecule has 1 amide bonds. The third-order valence-corrected chi connectivity index (χ3v) is 4.70. The number of pyridine rings is 1. The summed E-state index contributed by atoms with van der Waals surface area (Å²) in [6, 6.07) is 11.4. The van der Waals surface area contributed by atoms with Gasteiger partial charge in [-0.25, -0.2) is 4.98 Å². The van der Waals surface area contributed by atoms with E-state index in [1.807, 2.05) is 18.2 Å². The minimum Gasteiger partial charge on any atom is -0.322 e. The average molecular weight is 379 g/mol. The summed E-state index contributed by atoms with van der Waals surface area (Å²) in [4.78, 5) is 20.7. The van der Waals surface area contributed by atoms with E-state index in [1.54, 1.807) is 18.3 Å². The lowest BCUT2D eigenvalue weighted by Gasteiger charge is -2.34. The second kappa shape index (κ2) is 8.63. The number of amides is 1. The van der Waals surface area contributed by atoms with Crippen LogP contribution < -0.4 is 5.32 Å². The van der Waals surface area contributed by atoms with Crippen LogP contribution in [0.2, 0.25) is 10.2 Å². The quantitative estimate of drug-likeness (QED) is 0.811. The summed E-state index contributed by atoms with van der Waals surface area (Å²) >= 11 is 12.0. The molecule has 0 bridgehead atoms. The zero-order valence-corrected chi connectivity index (χ0v) is 15.3. The number of hydrogen-bond acceptors (Lipinski definition) is 4. The van der Waals surface area contributed by atoms with Crippen LogP contribution in [0.5, 0.6) is 0 Å². The first-order valence-corrected chi connectivity index (χ1v) is 8.95. The Hall–Kier alpha value is -1.66. The highest BCUT2D eigenvalue weighted by atomic mass is 35.5. The summed E-state index contributed by atoms with van der Waals surface area (Å²) in [7, 11) is 0. The van der Waals surface area contributed by atoms with Crippen molar-refractivity contribution in [1.29, 1.82) is 0 Å². The highest BCUT2D eigenvalue weighted by Crippen LogP contribution is 2.17. The van der Waals surface area contributed by atoms with Crippen molar-refractivity contribution in [2.45, 2.75) is 6.54 Å². The molecule has 1 aromatic carbocycles. The van der Waals surface area contributed by atoms with E-state index < -0.39 is 0 Å². The van der Waals surface area contributed by atoms with Crippen molar-refractivity contribution in [3.63, 3.8) is 0 Å². The van der Waals surface area contributed by atoms with Crippen molar-refractivity contribution in [3.8, 4) is 0 Å². The maximum Gasteiger partial charge on any atom is 0.238 e. The molecule has 0 saturated carbocycles. The minimum absolute atomic E-state index is 0.0711. The number of carbonyl (C=O) groups excluding carboxylic acids is 1. The van der Waals surface area contributed by atoms with Crippen molar-refractivity contribution in [1.82, 2.24) is 14.8 Å². The van der Waals surface area contributed by atoms with Crippen molar-refractivity contribution in [3.05, 3.63) is 58.3 Å². The number of nitrogens with one attached hydrogen (secondary N) is 1. The fraction of sp³-hybridized carbons (Fsp3) is 0.333. The Morgan fingerprint density at radius 3 is 2.56 bits per heavy atom. The van der Waals surface area contributed by atoms with E-state index in [2.05, 4.69) is 26.2 Å². The van der Waals surface area contributed by atoms with Gasteiger partial charge >= 0.3 is 0 Å². The van der Waals surface area contributed by atoms with Gasteiger partial charge in [0.25, 0.3) is 0 Å². The molecule has 2 aromatic rings. The Balaban J connectivity index is 1.44. The minimum atomic E-state index is -0.0711. The first kappa shape index (κ1) is 18.1. The van der Waals surface area contributed by atoms with Gasteiger partial charge in [0, 0.05) is 43.9 Å². The first-order chi connectivity index (χ1) is 12.1. The zero-order chi connectivity index (χ0) is 17.6. The monoisotopic (exact) mass is 378 g/mol. The smallest absolute Gasteiger partial charge is 0.238 e. The molecule has 0 unspecified atom stereocenters. The van der Waals surface area contributed by atoms with Crippen molar-refractivity contribution >= 4 is 34.8 Å². The molecule has 0 aliphatic carbocycles. The molecule has 1 aromatic heterocycles. The molecule has 1 fully saturated rings. The summed E-state index contributed by atoms with van der Waals surface area (Å²) in [5.41, 5.74) is 1.76. The summed E-state index contributed by atoms with van der Waals surface area (Å²) in [6.45, 7) is 4.80. The van der Waals surface area contributed by atoms with Crippen molar-refractivity contribution in [2.75, 3.05) is 38.0 Å². The number of rotatable bonds is 5. The predicted octanol–water partition coefficient (Wildman–Crippen LogP) is 3.14. The summed E-state index contributed by atoms with van der Waals surface area (Å²) in [6.07, 6.45) is 1.59. The van der Waals surface area contributed by atoms with Crippen LogP contribution >= 0.6 is 23.2 Å². The molecule has 1 N–H and O–H groups in total. The summed E-state index contributed by atoms with van der Waals surface area (Å²) in [5, 5.41) is 3.88. The molecule has 5 nitrogen and oxygen atoms in total. The van der Waals surface area contributed by atoms with Gasteiger partial charge in [-0.3, -0.25) is 14.6 Å². The lowest BCUT2D eigenvalue weighted by molar-refractivity contribution is -0.117. The van der Waals surface area contributed by atoms with E-state index in [0.717, 1.165) is 37.7 Å². The highest BCUT2D eigenvalue weighted by Gasteiger charge is 2.19. The number of anilines is 1. The van der Waals surface area contributed by atoms with Gasteiger partial charge in [0.15, 0.2) is 5.15 Å². The fourth-order valence-corrected chi connectivity index (χ4v) is 3.25. The van der Waals surface area contributed by atoms with E-state index >= 15 is 0 Å². The van der Waals surface area contributed by atoms with Gasteiger partial charge in [0.2, 0.25) is 5.91 Å². The standard InChI is InChI=1S/C18H20Cl2N4O/c19-15-4-1-3-14(11-15)12-23-7-9-24(10-8-23)13-17(25)22-16-5-2-6-21-18(16)20/h1-6,11H,7-10,12-13H2,(H,22,25). The van der Waals surface area contributed by atoms with Crippen LogP contribution in [0.15, 0.2) is 42.6 Å². The molecule has 0 spiro atoms. The maximum atomic E-state index is 12.2. The van der Waals surface area contributed by atoms with Crippen molar-refractivity contribution < 1.29 is 4.79 Å². The Labute approximate surface area is 157 Å². The normalized spacial score (nSPS) is 15.9. The number of nitrogens with zero attached hydrogens (tertiary/aromatic N) is 3. The highest BCUT2D eigenvalue weighted by molar-refractivity contribution is 6.32. The van der Waals surface area contributed by atoms with Gasteiger partial charge in [-0.1, -0.05) is 35.3 Å². The number of hydrogen-bond donors (Lipinski definition) is 1. The molecule has 1 aliphatic rings. The molecular formula is C18H20Cl2N4O. The number of piperazine rings is 1. The Morgan fingerprint density at radius 1 is 1.08 bits per heavy atom. The molecule has 3 rings (SSSR count). The summed E-state index contributed by atoms with van der Waals surface area (Å²) < 4.78 is 0. The van der Waals surface area contributed by atoms with Gasteiger partial charge < -0.3 is 5.32 Å². The van der Waals surface area contributed by atoms with Crippen LogP contribution in [0.1, 0.15) is 5.56 Å². The topological polar surface area (TPSA) is 48.5 Å². The van der Waals surface area contributed by atoms with Gasteiger partial charge in [0.05, 0.1) is 12.2 Å². The van der Waals surface area contributed by atoms with Crippen LogP contribution in [0, 0.1) is 0 Å². The van der Waals surface area contributed by atoms with Gasteiger partial charge in [0.1, 0.15) is 0 Å².